The Hall–Kier alpha value is -1.79. The monoisotopic (exact) mass is 305 g/mol. The van der Waals surface area contributed by atoms with Crippen LogP contribution in [-0.2, 0) is 0 Å². The van der Waals surface area contributed by atoms with Crippen molar-refractivity contribution in [1.82, 2.24) is 10.3 Å². The Morgan fingerprint density at radius 3 is 2.75 bits per heavy atom. The van der Waals surface area contributed by atoms with Crippen molar-refractivity contribution in [2.45, 2.75) is 19.9 Å². The standard InChI is InChI=1S/C14H15N3OS2/c1-8-7-20-14(16-8)9(2)17-13(18)11-5-3-4-10(6-11)12(15)19/h3-7,9H,1-2H3,(H2,15,19)(H,17,18). The van der Waals surface area contributed by atoms with Gasteiger partial charge in [-0.1, -0.05) is 24.4 Å². The second kappa shape index (κ2) is 6.11. The number of nitrogens with one attached hydrogen (secondary N) is 1. The summed E-state index contributed by atoms with van der Waals surface area (Å²) < 4.78 is 0. The Bertz CT molecular complexity index is 651. The second-order valence-corrected chi connectivity index (χ2v) is 5.80. The van der Waals surface area contributed by atoms with Gasteiger partial charge in [0.05, 0.1) is 6.04 Å². The molecule has 0 fully saturated rings. The summed E-state index contributed by atoms with van der Waals surface area (Å²) in [7, 11) is 0. The minimum absolute atomic E-state index is 0.130. The SMILES string of the molecule is Cc1csc(C(C)NC(=O)c2cccc(C(N)=S)c2)n1. The number of aromatic nitrogens is 1. The van der Waals surface area contributed by atoms with Crippen LogP contribution < -0.4 is 11.1 Å². The van der Waals surface area contributed by atoms with Gasteiger partial charge in [-0.05, 0) is 26.0 Å². The van der Waals surface area contributed by atoms with Crippen LogP contribution in [0.5, 0.6) is 0 Å². The van der Waals surface area contributed by atoms with Crippen molar-refractivity contribution in [3.8, 4) is 0 Å². The fraction of sp³-hybridized carbons (Fsp3) is 0.214. The molecule has 6 heteroatoms. The third-order valence-electron chi connectivity index (χ3n) is 2.76. The van der Waals surface area contributed by atoms with Gasteiger partial charge in [-0.2, -0.15) is 0 Å². The molecular weight excluding hydrogens is 290 g/mol. The van der Waals surface area contributed by atoms with Crippen LogP contribution in [0.2, 0.25) is 0 Å². The van der Waals surface area contributed by atoms with Gasteiger partial charge in [0.2, 0.25) is 0 Å². The van der Waals surface area contributed by atoms with E-state index in [1.165, 1.54) is 11.3 Å². The van der Waals surface area contributed by atoms with Crippen molar-refractivity contribution >= 4 is 34.5 Å². The molecule has 0 aliphatic heterocycles. The van der Waals surface area contributed by atoms with Crippen molar-refractivity contribution in [3.05, 3.63) is 51.5 Å². The van der Waals surface area contributed by atoms with Gasteiger partial charge < -0.3 is 11.1 Å². The molecule has 4 nitrogen and oxygen atoms in total. The Kier molecular flexibility index (Phi) is 4.46. The Labute approximate surface area is 127 Å². The fourth-order valence-electron chi connectivity index (χ4n) is 1.73. The smallest absolute Gasteiger partial charge is 0.251 e. The first-order valence-electron chi connectivity index (χ1n) is 6.10. The molecule has 2 aromatic rings. The third-order valence-corrected chi connectivity index (χ3v) is 4.15. The first-order valence-corrected chi connectivity index (χ1v) is 7.39. The molecule has 0 radical (unpaired) electrons. The maximum absolute atomic E-state index is 12.2. The van der Waals surface area contributed by atoms with Gasteiger partial charge in [0.15, 0.2) is 0 Å². The van der Waals surface area contributed by atoms with E-state index < -0.39 is 0 Å². The van der Waals surface area contributed by atoms with Gasteiger partial charge in [0, 0.05) is 22.2 Å². The molecule has 1 aromatic heterocycles. The van der Waals surface area contributed by atoms with E-state index in [0.717, 1.165) is 10.7 Å². The minimum Gasteiger partial charge on any atom is -0.389 e. The molecule has 1 aromatic carbocycles. The predicted octanol–water partition coefficient (Wildman–Crippen LogP) is 2.58. The largest absolute Gasteiger partial charge is 0.389 e. The van der Waals surface area contributed by atoms with Crippen molar-refractivity contribution in [1.29, 1.82) is 0 Å². The van der Waals surface area contributed by atoms with Gasteiger partial charge >= 0.3 is 0 Å². The zero-order valence-electron chi connectivity index (χ0n) is 11.2. The van der Waals surface area contributed by atoms with Crippen LogP contribution in [-0.4, -0.2) is 15.9 Å². The van der Waals surface area contributed by atoms with Crippen molar-refractivity contribution in [2.75, 3.05) is 0 Å². The molecule has 1 heterocycles. The fourth-order valence-corrected chi connectivity index (χ4v) is 2.66. The molecule has 1 unspecified atom stereocenters. The van der Waals surface area contributed by atoms with Crippen molar-refractivity contribution in [3.63, 3.8) is 0 Å². The van der Waals surface area contributed by atoms with E-state index in [-0.39, 0.29) is 16.9 Å². The Balaban J connectivity index is 2.12. The van der Waals surface area contributed by atoms with Crippen LogP contribution in [0.1, 0.15) is 39.6 Å². The van der Waals surface area contributed by atoms with Crippen molar-refractivity contribution < 1.29 is 4.79 Å². The summed E-state index contributed by atoms with van der Waals surface area (Å²) in [5.41, 5.74) is 7.75. The number of hydrogen-bond donors (Lipinski definition) is 2. The number of benzene rings is 1. The highest BCUT2D eigenvalue weighted by atomic mass is 32.1. The lowest BCUT2D eigenvalue weighted by atomic mass is 10.1. The molecule has 0 aliphatic rings. The number of thiocarbonyl (C=S) groups is 1. The average molecular weight is 305 g/mol. The van der Waals surface area contributed by atoms with Crippen LogP contribution in [0.25, 0.3) is 0 Å². The van der Waals surface area contributed by atoms with Gasteiger partial charge in [0.25, 0.3) is 5.91 Å². The van der Waals surface area contributed by atoms with Gasteiger partial charge in [-0.3, -0.25) is 4.79 Å². The van der Waals surface area contributed by atoms with Crippen LogP contribution in [0.3, 0.4) is 0 Å². The van der Waals surface area contributed by atoms with Gasteiger partial charge in [-0.25, -0.2) is 4.98 Å². The summed E-state index contributed by atoms with van der Waals surface area (Å²) in [5, 5.41) is 5.77. The lowest BCUT2D eigenvalue weighted by Gasteiger charge is -2.11. The number of aryl methyl sites for hydroxylation is 1. The number of amides is 1. The summed E-state index contributed by atoms with van der Waals surface area (Å²) in [5.74, 6) is -0.163. The minimum atomic E-state index is -0.163. The van der Waals surface area contributed by atoms with E-state index >= 15 is 0 Å². The highest BCUT2D eigenvalue weighted by Gasteiger charge is 2.14. The molecule has 1 atom stereocenters. The Morgan fingerprint density at radius 2 is 2.15 bits per heavy atom. The predicted molar refractivity (Wildman–Crippen MR) is 85.1 cm³/mol. The average Bonchev–Trinajstić information content (AvgIpc) is 2.85. The number of thiazole rings is 1. The topological polar surface area (TPSA) is 68.0 Å². The van der Waals surface area contributed by atoms with E-state index in [2.05, 4.69) is 10.3 Å². The van der Waals surface area contributed by atoms with Gasteiger partial charge in [-0.15, -0.1) is 11.3 Å². The number of carbonyl (C=O) groups excluding carboxylic acids is 1. The van der Waals surface area contributed by atoms with Crippen LogP contribution in [0.15, 0.2) is 29.6 Å². The first-order chi connectivity index (χ1) is 9.47. The van der Waals surface area contributed by atoms with Crippen LogP contribution in [0, 0.1) is 6.92 Å². The molecular formula is C14H15N3OS2. The number of rotatable bonds is 4. The van der Waals surface area contributed by atoms with E-state index in [4.69, 9.17) is 18.0 Å². The molecule has 1 amide bonds. The maximum atomic E-state index is 12.2. The number of nitrogens with two attached hydrogens (primary N) is 1. The summed E-state index contributed by atoms with van der Waals surface area (Å²) >= 11 is 6.45. The molecule has 0 saturated heterocycles. The Morgan fingerprint density at radius 1 is 1.45 bits per heavy atom. The van der Waals surface area contributed by atoms with Crippen LogP contribution in [0.4, 0.5) is 0 Å². The zero-order chi connectivity index (χ0) is 14.7. The lowest BCUT2D eigenvalue weighted by Crippen LogP contribution is -2.27. The number of hydrogen-bond acceptors (Lipinski definition) is 4. The summed E-state index contributed by atoms with van der Waals surface area (Å²) in [6.07, 6.45) is 0. The molecule has 0 aliphatic carbocycles. The third kappa shape index (κ3) is 3.40. The van der Waals surface area contributed by atoms with Crippen molar-refractivity contribution in [2.24, 2.45) is 5.73 Å². The summed E-state index contributed by atoms with van der Waals surface area (Å²) in [4.78, 5) is 16.8. The normalized spacial score (nSPS) is 11.9. The molecule has 0 saturated carbocycles. The molecule has 3 N–H and O–H groups in total. The molecule has 2 rings (SSSR count). The molecule has 0 bridgehead atoms. The van der Waals surface area contributed by atoms with Gasteiger partial charge in [0.1, 0.15) is 10.00 Å². The zero-order valence-corrected chi connectivity index (χ0v) is 12.8. The molecule has 0 spiro atoms. The van der Waals surface area contributed by atoms with E-state index in [1.54, 1.807) is 24.3 Å². The summed E-state index contributed by atoms with van der Waals surface area (Å²) in [6, 6.07) is 6.85. The highest BCUT2D eigenvalue weighted by molar-refractivity contribution is 7.80. The first kappa shape index (κ1) is 14.6. The van der Waals surface area contributed by atoms with E-state index in [1.807, 2.05) is 19.2 Å². The maximum Gasteiger partial charge on any atom is 0.251 e. The van der Waals surface area contributed by atoms with E-state index in [9.17, 15) is 4.79 Å². The number of carbonyl (C=O) groups is 1. The van der Waals surface area contributed by atoms with E-state index in [0.29, 0.717) is 11.1 Å². The molecule has 104 valence electrons. The second-order valence-electron chi connectivity index (χ2n) is 4.47. The lowest BCUT2D eigenvalue weighted by molar-refractivity contribution is 0.0940. The number of nitrogens with zero attached hydrogens (tertiary/aromatic N) is 1. The summed E-state index contributed by atoms with van der Waals surface area (Å²) in [6.45, 7) is 3.84. The quantitative estimate of drug-likeness (QED) is 0.852. The highest BCUT2D eigenvalue weighted by Crippen LogP contribution is 2.18. The van der Waals surface area contributed by atoms with Crippen LogP contribution >= 0.6 is 23.6 Å². The molecule has 20 heavy (non-hydrogen) atoms.